The van der Waals surface area contributed by atoms with Gasteiger partial charge in [-0.3, -0.25) is 4.99 Å². The molecule has 0 aliphatic rings. The van der Waals surface area contributed by atoms with Crippen LogP contribution in [0.15, 0.2) is 4.99 Å². The molecule has 0 aliphatic heterocycles. The fourth-order valence-electron chi connectivity index (χ4n) is 1.93. The topological polar surface area (TPSA) is 48.9 Å². The van der Waals surface area contributed by atoms with E-state index in [0.29, 0.717) is 12.6 Å². The minimum absolute atomic E-state index is 0. The molecule has 0 rings (SSSR count). The molecule has 0 heterocycles. The first-order valence-corrected chi connectivity index (χ1v) is 7.36. The number of hydrogen-bond acceptors (Lipinski definition) is 3. The lowest BCUT2D eigenvalue weighted by Crippen LogP contribution is -2.43. The zero-order valence-corrected chi connectivity index (χ0v) is 16.1. The summed E-state index contributed by atoms with van der Waals surface area (Å²) in [6, 6.07) is 0.435. The molecule has 2 N–H and O–H groups in total. The number of rotatable bonds is 10. The summed E-state index contributed by atoms with van der Waals surface area (Å²) in [6.45, 7) is 11.6. The molecular formula is C14H33IN4O. The van der Waals surface area contributed by atoms with Gasteiger partial charge in [0.05, 0.1) is 6.61 Å². The van der Waals surface area contributed by atoms with E-state index in [2.05, 4.69) is 41.3 Å². The Hall–Kier alpha value is -0.0800. The third kappa shape index (κ3) is 11.7. The van der Waals surface area contributed by atoms with Crippen molar-refractivity contribution in [1.82, 2.24) is 15.5 Å². The van der Waals surface area contributed by atoms with Gasteiger partial charge in [-0.1, -0.05) is 13.8 Å². The lowest BCUT2D eigenvalue weighted by Gasteiger charge is -2.21. The molecule has 0 aromatic rings. The Bertz CT molecular complexity index is 235. The van der Waals surface area contributed by atoms with Gasteiger partial charge < -0.3 is 20.3 Å². The van der Waals surface area contributed by atoms with Gasteiger partial charge in [0.15, 0.2) is 5.96 Å². The van der Waals surface area contributed by atoms with Crippen LogP contribution in [0.1, 0.15) is 33.6 Å². The van der Waals surface area contributed by atoms with Crippen LogP contribution in [-0.2, 0) is 4.74 Å². The Morgan fingerprint density at radius 2 is 1.95 bits per heavy atom. The maximum atomic E-state index is 5.01. The summed E-state index contributed by atoms with van der Waals surface area (Å²) in [5, 5.41) is 6.63. The number of hydrogen-bond donors (Lipinski definition) is 2. The molecular weight excluding hydrogens is 367 g/mol. The molecule has 20 heavy (non-hydrogen) atoms. The summed E-state index contributed by atoms with van der Waals surface area (Å²) < 4.78 is 5.01. The highest BCUT2D eigenvalue weighted by atomic mass is 127. The summed E-state index contributed by atoms with van der Waals surface area (Å²) in [7, 11) is 3.50. The van der Waals surface area contributed by atoms with Crippen LogP contribution in [0.2, 0.25) is 0 Å². The van der Waals surface area contributed by atoms with Crippen molar-refractivity contribution in [3.05, 3.63) is 0 Å². The number of nitrogens with zero attached hydrogens (tertiary/aromatic N) is 2. The monoisotopic (exact) mass is 400 g/mol. The van der Waals surface area contributed by atoms with E-state index in [1.807, 2.05) is 0 Å². The Morgan fingerprint density at radius 1 is 1.30 bits per heavy atom. The van der Waals surface area contributed by atoms with Crippen molar-refractivity contribution in [1.29, 1.82) is 0 Å². The molecule has 0 radical (unpaired) electrons. The van der Waals surface area contributed by atoms with Crippen molar-refractivity contribution < 1.29 is 4.74 Å². The van der Waals surface area contributed by atoms with Crippen LogP contribution < -0.4 is 10.6 Å². The zero-order valence-electron chi connectivity index (χ0n) is 13.7. The average molecular weight is 400 g/mol. The third-order valence-corrected chi connectivity index (χ3v) is 3.21. The van der Waals surface area contributed by atoms with Gasteiger partial charge in [-0.2, -0.15) is 0 Å². The molecule has 0 saturated heterocycles. The van der Waals surface area contributed by atoms with Crippen LogP contribution in [0.3, 0.4) is 0 Å². The van der Waals surface area contributed by atoms with Crippen molar-refractivity contribution >= 4 is 29.9 Å². The second kappa shape index (κ2) is 15.3. The maximum absolute atomic E-state index is 5.01. The Balaban J connectivity index is 0. The highest BCUT2D eigenvalue weighted by Gasteiger charge is 2.06. The highest BCUT2D eigenvalue weighted by Crippen LogP contribution is 1.99. The number of halogens is 1. The molecule has 1 atom stereocenters. The van der Waals surface area contributed by atoms with Crippen LogP contribution in [0.25, 0.3) is 0 Å². The van der Waals surface area contributed by atoms with E-state index in [1.54, 1.807) is 14.2 Å². The van der Waals surface area contributed by atoms with E-state index >= 15 is 0 Å². The van der Waals surface area contributed by atoms with Gasteiger partial charge in [0.25, 0.3) is 0 Å². The van der Waals surface area contributed by atoms with Gasteiger partial charge >= 0.3 is 0 Å². The summed E-state index contributed by atoms with van der Waals surface area (Å²) in [4.78, 5) is 6.66. The van der Waals surface area contributed by atoms with Crippen LogP contribution >= 0.6 is 24.0 Å². The normalized spacial score (nSPS) is 13.0. The van der Waals surface area contributed by atoms with E-state index in [-0.39, 0.29) is 24.0 Å². The number of methoxy groups -OCH3 is 1. The van der Waals surface area contributed by atoms with Gasteiger partial charge in [-0.25, -0.2) is 0 Å². The third-order valence-electron chi connectivity index (χ3n) is 3.21. The van der Waals surface area contributed by atoms with Crippen LogP contribution in [0.4, 0.5) is 0 Å². The second-order valence-electron chi connectivity index (χ2n) is 4.71. The van der Waals surface area contributed by atoms with Gasteiger partial charge in [0.1, 0.15) is 0 Å². The van der Waals surface area contributed by atoms with Crippen molar-refractivity contribution in [3.8, 4) is 0 Å². The molecule has 122 valence electrons. The predicted molar refractivity (Wildman–Crippen MR) is 98.3 cm³/mol. The quantitative estimate of drug-likeness (QED) is 0.255. The Labute approximate surface area is 141 Å². The van der Waals surface area contributed by atoms with E-state index in [0.717, 1.165) is 32.0 Å². The van der Waals surface area contributed by atoms with Crippen LogP contribution in [0, 0.1) is 0 Å². The average Bonchev–Trinajstić information content (AvgIpc) is 2.42. The van der Waals surface area contributed by atoms with Gasteiger partial charge in [0, 0.05) is 26.7 Å². The maximum Gasteiger partial charge on any atom is 0.191 e. The number of ether oxygens (including phenoxy) is 1. The first-order valence-electron chi connectivity index (χ1n) is 7.36. The number of nitrogens with one attached hydrogen (secondary N) is 2. The standard InChI is InChI=1S/C14H32N4O.HI/c1-6-18(7-2)11-8-9-13(3)17-14(15-4)16-10-12-19-5;/h13H,6-12H2,1-5H3,(H2,15,16,17);1H. The van der Waals surface area contributed by atoms with E-state index < -0.39 is 0 Å². The van der Waals surface area contributed by atoms with Crippen LogP contribution in [0.5, 0.6) is 0 Å². The lowest BCUT2D eigenvalue weighted by atomic mass is 10.2. The summed E-state index contributed by atoms with van der Waals surface area (Å²) in [6.07, 6.45) is 2.37. The predicted octanol–water partition coefficient (Wildman–Crippen LogP) is 1.93. The summed E-state index contributed by atoms with van der Waals surface area (Å²) in [5.74, 6) is 0.854. The van der Waals surface area contributed by atoms with Crippen molar-refractivity contribution in [2.24, 2.45) is 4.99 Å². The molecule has 0 saturated carbocycles. The largest absolute Gasteiger partial charge is 0.383 e. The van der Waals surface area contributed by atoms with Crippen molar-refractivity contribution in [3.63, 3.8) is 0 Å². The fraction of sp³-hybridized carbons (Fsp3) is 0.929. The zero-order chi connectivity index (χ0) is 14.5. The highest BCUT2D eigenvalue weighted by molar-refractivity contribution is 14.0. The van der Waals surface area contributed by atoms with E-state index in [9.17, 15) is 0 Å². The smallest absolute Gasteiger partial charge is 0.191 e. The molecule has 1 unspecified atom stereocenters. The second-order valence-corrected chi connectivity index (χ2v) is 4.71. The Morgan fingerprint density at radius 3 is 2.45 bits per heavy atom. The van der Waals surface area contributed by atoms with Gasteiger partial charge in [0.2, 0.25) is 0 Å². The van der Waals surface area contributed by atoms with Gasteiger partial charge in [-0.15, -0.1) is 24.0 Å². The molecule has 0 aromatic heterocycles. The molecule has 6 heteroatoms. The first-order chi connectivity index (χ1) is 9.17. The molecule has 0 bridgehead atoms. The molecule has 5 nitrogen and oxygen atoms in total. The Kier molecular flexibility index (Phi) is 17.0. The first kappa shape index (κ1) is 22.2. The van der Waals surface area contributed by atoms with Crippen LogP contribution in [-0.4, -0.2) is 63.8 Å². The molecule has 0 fully saturated rings. The molecule has 0 aromatic carbocycles. The fourth-order valence-corrected chi connectivity index (χ4v) is 1.93. The van der Waals surface area contributed by atoms with E-state index in [1.165, 1.54) is 13.0 Å². The molecule has 0 spiro atoms. The van der Waals surface area contributed by atoms with Crippen molar-refractivity contribution in [2.45, 2.75) is 39.7 Å². The SMILES string of the molecule is CCN(CC)CCCC(C)NC(=NC)NCCOC.I. The lowest BCUT2D eigenvalue weighted by molar-refractivity contribution is 0.203. The number of guanidine groups is 1. The van der Waals surface area contributed by atoms with Gasteiger partial charge in [-0.05, 0) is 39.4 Å². The summed E-state index contributed by atoms with van der Waals surface area (Å²) >= 11 is 0. The minimum atomic E-state index is 0. The van der Waals surface area contributed by atoms with Crippen molar-refractivity contribution in [2.75, 3.05) is 46.9 Å². The minimum Gasteiger partial charge on any atom is -0.383 e. The number of aliphatic imine (C=N–C) groups is 1. The molecule has 0 amide bonds. The summed E-state index contributed by atoms with van der Waals surface area (Å²) in [5.41, 5.74) is 0. The van der Waals surface area contributed by atoms with E-state index in [4.69, 9.17) is 4.74 Å². The molecule has 0 aliphatic carbocycles.